The average Bonchev–Trinajstić information content (AvgIpc) is 2.81. The molecule has 0 aliphatic heterocycles. The van der Waals surface area contributed by atoms with Crippen LogP contribution in [0.1, 0.15) is 0 Å². The van der Waals surface area contributed by atoms with Crippen molar-refractivity contribution in [2.45, 2.75) is 0 Å². The second-order valence-corrected chi connectivity index (χ2v) is 6.77. The van der Waals surface area contributed by atoms with Crippen molar-refractivity contribution in [1.29, 1.82) is 0 Å². The zero-order chi connectivity index (χ0) is 26.9. The van der Waals surface area contributed by atoms with Gasteiger partial charge in [0.1, 0.15) is 34.9 Å². The molecule has 0 atom stereocenters. The smallest absolute Gasteiger partial charge is 0.214 e. The molecule has 188 valence electrons. The first-order valence-electron chi connectivity index (χ1n) is 8.46. The number of rotatable bonds is 3. The molecule has 17 heteroatoms. The second kappa shape index (κ2) is 8.39. The lowest BCUT2D eigenvalue weighted by Gasteiger charge is -2.39. The predicted molar refractivity (Wildman–Crippen MR) is 85.6 cm³/mol. The highest BCUT2D eigenvalue weighted by molar-refractivity contribution is 7.06. The summed E-state index contributed by atoms with van der Waals surface area (Å²) in [6.07, 6.45) is -6.41. The minimum atomic E-state index is -6.41. The van der Waals surface area contributed by atoms with Crippen LogP contribution >= 0.6 is 0 Å². The summed E-state index contributed by atoms with van der Waals surface area (Å²) in [5, 5.41) is 10.8. The Morgan fingerprint density at radius 1 is 0.257 bits per heavy atom. The molecule has 0 bridgehead atoms. The molecule has 0 aromatic heterocycles. The van der Waals surface area contributed by atoms with Crippen LogP contribution in [0.5, 0.6) is 0 Å². The van der Waals surface area contributed by atoms with Gasteiger partial charge in [0.15, 0.2) is 52.4 Å². The fraction of sp³-hybridized carbons (Fsp3) is 0. The van der Waals surface area contributed by atoms with E-state index in [-0.39, 0.29) is 0 Å². The van der Waals surface area contributed by atoms with Crippen LogP contribution in [0.25, 0.3) is 0 Å². The van der Waals surface area contributed by atoms with Crippen LogP contribution in [0.4, 0.5) is 65.9 Å². The standard InChI is InChI=1S/C18HBF15O/c20-4-1(5(21)11(27)16(32)10(4)26)19(35,2-6(22)12(28)17(33)13(29)7(2)23)3-8(24)14(30)18(34)15(31)9(3)25/h35H/q-1. The number of benzene rings is 3. The molecule has 3 aromatic rings. The Balaban J connectivity index is 2.78. The highest BCUT2D eigenvalue weighted by atomic mass is 19.2. The van der Waals surface area contributed by atoms with E-state index in [1.54, 1.807) is 0 Å². The van der Waals surface area contributed by atoms with Gasteiger partial charge in [-0.25, -0.2) is 65.9 Å². The van der Waals surface area contributed by atoms with Crippen LogP contribution in [-0.4, -0.2) is 11.4 Å². The molecule has 3 aromatic carbocycles. The first kappa shape index (κ1) is 26.2. The van der Waals surface area contributed by atoms with Crippen molar-refractivity contribution in [3.63, 3.8) is 0 Å². The van der Waals surface area contributed by atoms with E-state index < -0.39 is 110 Å². The topological polar surface area (TPSA) is 20.2 Å². The van der Waals surface area contributed by atoms with E-state index in [1.165, 1.54) is 0 Å². The van der Waals surface area contributed by atoms with E-state index in [0.29, 0.717) is 0 Å². The van der Waals surface area contributed by atoms with Gasteiger partial charge in [-0.1, -0.05) is 16.4 Å². The molecule has 0 heterocycles. The summed E-state index contributed by atoms with van der Waals surface area (Å²) in [6.45, 7) is 0. The number of hydrogen-bond donors (Lipinski definition) is 1. The molecule has 3 rings (SSSR count). The molecule has 0 radical (unpaired) electrons. The Kier molecular flexibility index (Phi) is 6.29. The Hall–Kier alpha value is -3.37. The van der Waals surface area contributed by atoms with Crippen LogP contribution in [-0.2, 0) is 0 Å². The van der Waals surface area contributed by atoms with Gasteiger partial charge >= 0.3 is 0 Å². The van der Waals surface area contributed by atoms with Crippen LogP contribution < -0.4 is 16.4 Å². The van der Waals surface area contributed by atoms with Crippen LogP contribution in [0.15, 0.2) is 0 Å². The molecule has 0 amide bonds. The summed E-state index contributed by atoms with van der Waals surface area (Å²) in [5.74, 6) is -47.9. The van der Waals surface area contributed by atoms with E-state index in [1.807, 2.05) is 0 Å². The van der Waals surface area contributed by atoms with Crippen molar-refractivity contribution in [3.8, 4) is 0 Å². The predicted octanol–water partition coefficient (Wildman–Crippen LogP) is 3.73. The molecule has 1 N–H and O–H groups in total. The minimum absolute atomic E-state index is 3.04. The fourth-order valence-electron chi connectivity index (χ4n) is 3.40. The first-order chi connectivity index (χ1) is 16.0. The zero-order valence-corrected chi connectivity index (χ0v) is 15.7. The summed E-state index contributed by atoms with van der Waals surface area (Å²) < 4.78 is 210. The highest BCUT2D eigenvalue weighted by Gasteiger charge is 2.47. The van der Waals surface area contributed by atoms with Gasteiger partial charge in [-0.05, 0) is 0 Å². The maximum Gasteiger partial charge on any atom is 0.214 e. The van der Waals surface area contributed by atoms with Crippen LogP contribution in [0, 0.1) is 87.3 Å². The molecule has 0 saturated carbocycles. The molecule has 1 nitrogen and oxygen atoms in total. The van der Waals surface area contributed by atoms with Crippen molar-refractivity contribution < 1.29 is 70.9 Å². The van der Waals surface area contributed by atoms with Crippen molar-refractivity contribution in [1.82, 2.24) is 0 Å². The molecule has 0 spiro atoms. The second-order valence-electron chi connectivity index (χ2n) is 6.77. The van der Waals surface area contributed by atoms with Gasteiger partial charge in [0.2, 0.25) is 6.35 Å². The summed E-state index contributed by atoms with van der Waals surface area (Å²) in [4.78, 5) is 0. The van der Waals surface area contributed by atoms with Crippen molar-refractivity contribution >= 4 is 22.7 Å². The molecule has 0 aliphatic carbocycles. The summed E-state index contributed by atoms with van der Waals surface area (Å²) in [6, 6.07) is 0. The third-order valence-corrected chi connectivity index (χ3v) is 4.98. The third kappa shape index (κ3) is 3.35. The largest absolute Gasteiger partial charge is 0.594 e. The van der Waals surface area contributed by atoms with Gasteiger partial charge in [-0.15, -0.1) is 0 Å². The SMILES string of the molecule is O[B-](c1c(F)c(F)c(F)c(F)c1F)(c1c(F)c(F)c(F)c(F)c1F)c1c(F)c(F)c(F)c(F)c1F. The number of hydrogen-bond acceptors (Lipinski definition) is 1. The molecule has 35 heavy (non-hydrogen) atoms. The quantitative estimate of drug-likeness (QED) is 0.238. The number of halogens is 15. The van der Waals surface area contributed by atoms with Gasteiger partial charge < -0.3 is 5.02 Å². The van der Waals surface area contributed by atoms with Gasteiger partial charge in [0.25, 0.3) is 0 Å². The van der Waals surface area contributed by atoms with Crippen molar-refractivity contribution in [2.75, 3.05) is 0 Å². The highest BCUT2D eigenvalue weighted by Crippen LogP contribution is 2.26. The summed E-state index contributed by atoms with van der Waals surface area (Å²) >= 11 is 0. The maximum atomic E-state index is 14.5. The van der Waals surface area contributed by atoms with Crippen molar-refractivity contribution in [3.05, 3.63) is 87.3 Å². The molecular weight excluding hydrogens is 528 g/mol. The zero-order valence-electron chi connectivity index (χ0n) is 15.7. The van der Waals surface area contributed by atoms with E-state index in [0.717, 1.165) is 0 Å². The summed E-state index contributed by atoms with van der Waals surface area (Å²) in [5.41, 5.74) is -9.23. The lowest BCUT2D eigenvalue weighted by Crippen LogP contribution is -2.73. The Morgan fingerprint density at radius 2 is 0.371 bits per heavy atom. The molecule has 0 saturated heterocycles. The van der Waals surface area contributed by atoms with E-state index >= 15 is 0 Å². The molecule has 0 unspecified atom stereocenters. The Bertz CT molecular complexity index is 1170. The fourth-order valence-corrected chi connectivity index (χ4v) is 3.40. The van der Waals surface area contributed by atoms with Gasteiger partial charge in [-0.2, -0.15) is 0 Å². The lowest BCUT2D eigenvalue weighted by atomic mass is 9.28. The normalized spacial score (nSPS) is 12.0. The van der Waals surface area contributed by atoms with Crippen molar-refractivity contribution in [2.24, 2.45) is 0 Å². The first-order valence-corrected chi connectivity index (χ1v) is 8.46. The Morgan fingerprint density at radius 3 is 0.514 bits per heavy atom. The minimum Gasteiger partial charge on any atom is -0.594 e. The average molecular weight is 529 g/mol. The van der Waals surface area contributed by atoms with E-state index in [2.05, 4.69) is 0 Å². The van der Waals surface area contributed by atoms with Gasteiger partial charge in [-0.3, -0.25) is 0 Å². The van der Waals surface area contributed by atoms with Crippen LogP contribution in [0.3, 0.4) is 0 Å². The Labute approximate surface area is 182 Å². The van der Waals surface area contributed by atoms with E-state index in [4.69, 9.17) is 0 Å². The van der Waals surface area contributed by atoms with Gasteiger partial charge in [0, 0.05) is 0 Å². The lowest BCUT2D eigenvalue weighted by molar-refractivity contribution is 0.374. The molecular formula is C18HBF15O-. The third-order valence-electron chi connectivity index (χ3n) is 4.98. The maximum absolute atomic E-state index is 14.5. The van der Waals surface area contributed by atoms with E-state index in [9.17, 15) is 70.9 Å². The monoisotopic (exact) mass is 529 g/mol. The molecule has 0 fully saturated rings. The molecule has 0 aliphatic rings. The summed E-state index contributed by atoms with van der Waals surface area (Å²) in [7, 11) is 0. The van der Waals surface area contributed by atoms with Crippen LogP contribution in [0.2, 0.25) is 0 Å². The van der Waals surface area contributed by atoms with Gasteiger partial charge in [0.05, 0.1) is 0 Å².